The maximum absolute atomic E-state index is 12.5. The summed E-state index contributed by atoms with van der Waals surface area (Å²) in [5.74, 6) is -0.521. The summed E-state index contributed by atoms with van der Waals surface area (Å²) in [6.07, 6.45) is 0.240. The van der Waals surface area contributed by atoms with Gasteiger partial charge in [-0.3, -0.25) is 4.79 Å². The second kappa shape index (κ2) is 7.26. The molecule has 0 saturated carbocycles. The van der Waals surface area contributed by atoms with Crippen molar-refractivity contribution in [2.75, 3.05) is 26.9 Å². The van der Waals surface area contributed by atoms with E-state index in [-0.39, 0.29) is 24.9 Å². The lowest BCUT2D eigenvalue weighted by Gasteiger charge is -2.33. The quantitative estimate of drug-likeness (QED) is 0.892. The van der Waals surface area contributed by atoms with Gasteiger partial charge in [0, 0.05) is 13.0 Å². The van der Waals surface area contributed by atoms with E-state index in [2.05, 4.69) is 0 Å². The number of benzene rings is 1. The fourth-order valence-corrected chi connectivity index (χ4v) is 2.67. The smallest absolute Gasteiger partial charge is 0.328 e. The molecule has 1 aliphatic rings. The van der Waals surface area contributed by atoms with Gasteiger partial charge in [0.05, 0.1) is 20.3 Å². The van der Waals surface area contributed by atoms with Gasteiger partial charge < -0.3 is 19.5 Å². The number of carbonyl (C=O) groups is 2. The Bertz CT molecular complexity index is 545. The molecule has 0 bridgehead atoms. The summed E-state index contributed by atoms with van der Waals surface area (Å²) in [5, 5.41) is 9.20. The highest BCUT2D eigenvalue weighted by Gasteiger charge is 2.33. The van der Waals surface area contributed by atoms with Crippen LogP contribution < -0.4 is 4.74 Å². The maximum atomic E-state index is 12.5. The summed E-state index contributed by atoms with van der Waals surface area (Å²) >= 11 is 0. The van der Waals surface area contributed by atoms with E-state index < -0.39 is 12.0 Å². The van der Waals surface area contributed by atoms with E-state index in [9.17, 15) is 14.7 Å². The van der Waals surface area contributed by atoms with E-state index in [4.69, 9.17) is 9.47 Å². The Morgan fingerprint density at radius 2 is 2.18 bits per heavy atom. The van der Waals surface area contributed by atoms with Gasteiger partial charge >= 0.3 is 5.97 Å². The van der Waals surface area contributed by atoms with E-state index in [1.807, 2.05) is 31.2 Å². The number of aliphatic carboxylic acids is 1. The predicted octanol–water partition coefficient (Wildman–Crippen LogP) is 1.50. The summed E-state index contributed by atoms with van der Waals surface area (Å²) in [6.45, 7) is 2.67. The van der Waals surface area contributed by atoms with Gasteiger partial charge in [-0.05, 0) is 17.5 Å². The molecular formula is C16H21NO5. The molecule has 120 valence electrons. The number of para-hydroxylation sites is 1. The van der Waals surface area contributed by atoms with Gasteiger partial charge in [0.15, 0.2) is 6.04 Å². The van der Waals surface area contributed by atoms with Crippen molar-refractivity contribution in [3.8, 4) is 5.75 Å². The summed E-state index contributed by atoms with van der Waals surface area (Å²) < 4.78 is 10.5. The molecule has 0 unspecified atom stereocenters. The Hall–Kier alpha value is -2.08. The lowest BCUT2D eigenvalue weighted by Crippen LogP contribution is -2.52. The third-order valence-electron chi connectivity index (χ3n) is 3.88. The first-order valence-electron chi connectivity index (χ1n) is 7.27. The molecule has 6 nitrogen and oxygen atoms in total. The molecule has 1 heterocycles. The monoisotopic (exact) mass is 307 g/mol. The van der Waals surface area contributed by atoms with Crippen LogP contribution in [0.4, 0.5) is 0 Å². The summed E-state index contributed by atoms with van der Waals surface area (Å²) in [4.78, 5) is 25.1. The molecule has 1 aromatic rings. The zero-order chi connectivity index (χ0) is 16.1. The summed E-state index contributed by atoms with van der Waals surface area (Å²) in [5.41, 5.74) is 0.943. The van der Waals surface area contributed by atoms with Gasteiger partial charge in [0.25, 0.3) is 0 Å². The lowest BCUT2D eigenvalue weighted by molar-refractivity contribution is -0.158. The van der Waals surface area contributed by atoms with Crippen LogP contribution in [0.5, 0.6) is 5.75 Å². The molecule has 0 radical (unpaired) electrons. The van der Waals surface area contributed by atoms with Crippen LogP contribution in [0, 0.1) is 0 Å². The first kappa shape index (κ1) is 16.3. The van der Waals surface area contributed by atoms with Crippen molar-refractivity contribution < 1.29 is 24.2 Å². The molecule has 1 aromatic carbocycles. The average Bonchev–Trinajstić information content (AvgIpc) is 2.54. The summed E-state index contributed by atoms with van der Waals surface area (Å²) in [6, 6.07) is 6.65. The van der Waals surface area contributed by atoms with E-state index in [1.54, 1.807) is 7.11 Å². The normalized spacial score (nSPS) is 19.5. The van der Waals surface area contributed by atoms with Gasteiger partial charge in [0.2, 0.25) is 5.91 Å². The second-order valence-corrected chi connectivity index (χ2v) is 5.36. The standard InChI is InChI=1S/C16H21NO5/c1-11(12-5-3-4-6-14(12)21-2)9-15(18)17-7-8-22-10-13(17)16(19)20/h3-6,11,13H,7-10H2,1-2H3,(H,19,20)/t11-,13-/m1/s1. The Balaban J connectivity index is 2.08. The lowest BCUT2D eigenvalue weighted by atomic mass is 9.96. The fraction of sp³-hybridized carbons (Fsp3) is 0.500. The number of rotatable bonds is 5. The van der Waals surface area contributed by atoms with Gasteiger partial charge in [-0.1, -0.05) is 25.1 Å². The Morgan fingerprint density at radius 1 is 1.45 bits per heavy atom. The van der Waals surface area contributed by atoms with Crippen LogP contribution in [0.15, 0.2) is 24.3 Å². The van der Waals surface area contributed by atoms with Gasteiger partial charge in [-0.25, -0.2) is 4.79 Å². The minimum atomic E-state index is -1.03. The number of hydrogen-bond acceptors (Lipinski definition) is 4. The third kappa shape index (κ3) is 3.57. The number of carboxylic acids is 1. The number of amides is 1. The molecule has 1 saturated heterocycles. The van der Waals surface area contributed by atoms with Crippen LogP contribution in [0.2, 0.25) is 0 Å². The highest BCUT2D eigenvalue weighted by atomic mass is 16.5. The van der Waals surface area contributed by atoms with Crippen molar-refractivity contribution in [1.29, 1.82) is 0 Å². The topological polar surface area (TPSA) is 76.1 Å². The van der Waals surface area contributed by atoms with Crippen molar-refractivity contribution in [3.05, 3.63) is 29.8 Å². The van der Waals surface area contributed by atoms with Crippen LogP contribution in [-0.2, 0) is 14.3 Å². The highest BCUT2D eigenvalue weighted by molar-refractivity contribution is 5.84. The molecule has 1 aliphatic heterocycles. The molecule has 6 heteroatoms. The number of carbonyl (C=O) groups excluding carboxylic acids is 1. The molecule has 1 N–H and O–H groups in total. The van der Waals surface area contributed by atoms with E-state index in [1.165, 1.54) is 4.90 Å². The Labute approximate surface area is 129 Å². The van der Waals surface area contributed by atoms with Gasteiger partial charge in [-0.15, -0.1) is 0 Å². The molecule has 0 aromatic heterocycles. The molecule has 2 rings (SSSR count). The van der Waals surface area contributed by atoms with Crippen molar-refractivity contribution in [2.45, 2.75) is 25.3 Å². The minimum absolute atomic E-state index is 0.0457. The fourth-order valence-electron chi connectivity index (χ4n) is 2.67. The van der Waals surface area contributed by atoms with Crippen molar-refractivity contribution in [1.82, 2.24) is 4.90 Å². The van der Waals surface area contributed by atoms with E-state index in [0.717, 1.165) is 11.3 Å². The zero-order valence-electron chi connectivity index (χ0n) is 12.8. The Kier molecular flexibility index (Phi) is 5.38. The number of morpholine rings is 1. The van der Waals surface area contributed by atoms with Crippen LogP contribution in [0.3, 0.4) is 0 Å². The zero-order valence-corrected chi connectivity index (χ0v) is 12.8. The molecule has 22 heavy (non-hydrogen) atoms. The van der Waals surface area contributed by atoms with E-state index in [0.29, 0.717) is 13.2 Å². The second-order valence-electron chi connectivity index (χ2n) is 5.36. The molecule has 0 spiro atoms. The highest BCUT2D eigenvalue weighted by Crippen LogP contribution is 2.29. The number of carboxylic acid groups (broad SMARTS) is 1. The van der Waals surface area contributed by atoms with Crippen molar-refractivity contribution in [2.24, 2.45) is 0 Å². The largest absolute Gasteiger partial charge is 0.496 e. The van der Waals surface area contributed by atoms with Crippen LogP contribution in [0.25, 0.3) is 0 Å². The number of hydrogen-bond donors (Lipinski definition) is 1. The predicted molar refractivity (Wildman–Crippen MR) is 80.0 cm³/mol. The first-order chi connectivity index (χ1) is 10.5. The van der Waals surface area contributed by atoms with Crippen LogP contribution in [0.1, 0.15) is 24.8 Å². The number of ether oxygens (including phenoxy) is 2. The molecule has 1 fully saturated rings. The van der Waals surface area contributed by atoms with Crippen LogP contribution >= 0.6 is 0 Å². The molecular weight excluding hydrogens is 286 g/mol. The minimum Gasteiger partial charge on any atom is -0.496 e. The Morgan fingerprint density at radius 3 is 2.86 bits per heavy atom. The van der Waals surface area contributed by atoms with E-state index >= 15 is 0 Å². The maximum Gasteiger partial charge on any atom is 0.328 e. The number of methoxy groups -OCH3 is 1. The van der Waals surface area contributed by atoms with Crippen molar-refractivity contribution >= 4 is 11.9 Å². The van der Waals surface area contributed by atoms with Gasteiger partial charge in [-0.2, -0.15) is 0 Å². The SMILES string of the molecule is COc1ccccc1[C@H](C)CC(=O)N1CCOC[C@@H]1C(=O)O. The van der Waals surface area contributed by atoms with Gasteiger partial charge in [0.1, 0.15) is 5.75 Å². The third-order valence-corrected chi connectivity index (χ3v) is 3.88. The van der Waals surface area contributed by atoms with Crippen LogP contribution in [-0.4, -0.2) is 54.8 Å². The van der Waals surface area contributed by atoms with Crippen molar-refractivity contribution in [3.63, 3.8) is 0 Å². The average molecular weight is 307 g/mol. The first-order valence-corrected chi connectivity index (χ1v) is 7.27. The summed E-state index contributed by atoms with van der Waals surface area (Å²) in [7, 11) is 1.59. The molecule has 2 atom stereocenters. The molecule has 0 aliphatic carbocycles. The molecule has 1 amide bonds. The number of nitrogens with zero attached hydrogens (tertiary/aromatic N) is 1.